The number of alkyl halides is 3. The summed E-state index contributed by atoms with van der Waals surface area (Å²) in [4.78, 5) is 22.7. The Morgan fingerprint density at radius 1 is 0.895 bits per heavy atom. The van der Waals surface area contributed by atoms with E-state index in [0.717, 1.165) is 29.1 Å². The number of hydrogen-bond donors (Lipinski definition) is 0. The summed E-state index contributed by atoms with van der Waals surface area (Å²) in [5, 5.41) is 0.714. The van der Waals surface area contributed by atoms with Crippen molar-refractivity contribution in [2.75, 3.05) is 6.61 Å². The minimum absolute atomic E-state index is 0.0183. The summed E-state index contributed by atoms with van der Waals surface area (Å²) in [5.41, 5.74) is 1.81. The van der Waals surface area contributed by atoms with Crippen LogP contribution >= 0.6 is 11.3 Å². The van der Waals surface area contributed by atoms with Gasteiger partial charge in [-0.1, -0.05) is 49.6 Å². The Labute approximate surface area is 218 Å². The SMILES string of the molecule is C=CC(=O)OCCCc1ccc(-c2ccc3c(sc4c(OC(F)(F)F)c(OC(=O)C=C)ccc43)c2F)cc1. The fourth-order valence-electron chi connectivity index (χ4n) is 3.85. The number of halogens is 4. The zero-order chi connectivity index (χ0) is 27.4. The van der Waals surface area contributed by atoms with E-state index in [0.29, 0.717) is 29.2 Å². The minimum atomic E-state index is -5.07. The summed E-state index contributed by atoms with van der Waals surface area (Å²) >= 11 is 0.769. The van der Waals surface area contributed by atoms with Crippen molar-refractivity contribution in [3.8, 4) is 22.6 Å². The van der Waals surface area contributed by atoms with Gasteiger partial charge in [-0.3, -0.25) is 0 Å². The van der Waals surface area contributed by atoms with Crippen molar-refractivity contribution >= 4 is 43.4 Å². The second-order valence-electron chi connectivity index (χ2n) is 8.02. The van der Waals surface area contributed by atoms with Gasteiger partial charge in [0.15, 0.2) is 11.5 Å². The van der Waals surface area contributed by atoms with Crippen molar-refractivity contribution in [3.63, 3.8) is 0 Å². The lowest BCUT2D eigenvalue weighted by molar-refractivity contribution is -0.274. The molecule has 0 bridgehead atoms. The van der Waals surface area contributed by atoms with Crippen LogP contribution in [0.3, 0.4) is 0 Å². The number of aryl methyl sites for hydroxylation is 1. The van der Waals surface area contributed by atoms with Crippen molar-refractivity contribution in [3.05, 3.63) is 85.2 Å². The van der Waals surface area contributed by atoms with E-state index < -0.39 is 35.6 Å². The third-order valence-corrected chi connectivity index (χ3v) is 6.76. The van der Waals surface area contributed by atoms with Gasteiger partial charge in [0.25, 0.3) is 0 Å². The van der Waals surface area contributed by atoms with Gasteiger partial charge in [0.05, 0.1) is 16.0 Å². The van der Waals surface area contributed by atoms with E-state index in [1.165, 1.54) is 12.1 Å². The van der Waals surface area contributed by atoms with Gasteiger partial charge in [-0.05, 0) is 36.1 Å². The molecule has 0 radical (unpaired) electrons. The number of thiophene rings is 1. The molecule has 0 atom stereocenters. The van der Waals surface area contributed by atoms with Gasteiger partial charge < -0.3 is 14.2 Å². The van der Waals surface area contributed by atoms with Crippen LogP contribution in [-0.2, 0) is 20.7 Å². The Morgan fingerprint density at radius 3 is 2.21 bits per heavy atom. The molecule has 0 amide bonds. The van der Waals surface area contributed by atoms with E-state index in [1.807, 2.05) is 12.1 Å². The molecule has 196 valence electrons. The summed E-state index contributed by atoms with van der Waals surface area (Å²) in [6, 6.07) is 12.9. The molecule has 10 heteroatoms. The molecule has 0 fully saturated rings. The molecule has 0 saturated carbocycles. The highest BCUT2D eigenvalue weighted by molar-refractivity contribution is 7.26. The number of ether oxygens (including phenoxy) is 3. The van der Waals surface area contributed by atoms with Crippen molar-refractivity contribution in [2.24, 2.45) is 0 Å². The molecular weight excluding hydrogens is 524 g/mol. The molecule has 0 aliphatic carbocycles. The van der Waals surface area contributed by atoms with Gasteiger partial charge in [0.1, 0.15) is 5.82 Å². The fourth-order valence-corrected chi connectivity index (χ4v) is 5.07. The number of carbonyl (C=O) groups is 2. The van der Waals surface area contributed by atoms with Gasteiger partial charge in [0.2, 0.25) is 0 Å². The van der Waals surface area contributed by atoms with E-state index in [1.54, 1.807) is 24.3 Å². The first kappa shape index (κ1) is 26.9. The van der Waals surface area contributed by atoms with Crippen molar-refractivity contribution in [2.45, 2.75) is 19.2 Å². The minimum Gasteiger partial charge on any atom is -0.463 e. The smallest absolute Gasteiger partial charge is 0.463 e. The van der Waals surface area contributed by atoms with E-state index >= 15 is 4.39 Å². The summed E-state index contributed by atoms with van der Waals surface area (Å²) in [7, 11) is 0. The number of rotatable bonds is 9. The molecule has 1 heterocycles. The standard InChI is InChI=1S/C28H20F4O5S/c1-3-22(33)35-15-5-6-16-7-9-17(10-8-16)18-11-12-19-20-13-14-21(36-23(34)4-2)25(37-28(30,31)32)27(20)38-26(19)24(18)29/h3-4,7-14H,1-2,5-6,15H2. The molecule has 38 heavy (non-hydrogen) atoms. The summed E-state index contributed by atoms with van der Waals surface area (Å²) < 4.78 is 69.4. The van der Waals surface area contributed by atoms with Crippen LogP contribution in [0.2, 0.25) is 0 Å². The zero-order valence-electron chi connectivity index (χ0n) is 19.8. The van der Waals surface area contributed by atoms with Crippen LogP contribution in [0.1, 0.15) is 12.0 Å². The molecule has 4 rings (SSSR count). The van der Waals surface area contributed by atoms with Crippen LogP contribution in [0, 0.1) is 5.82 Å². The average Bonchev–Trinajstić information content (AvgIpc) is 3.27. The lowest BCUT2D eigenvalue weighted by atomic mass is 10.0. The third-order valence-electron chi connectivity index (χ3n) is 5.55. The van der Waals surface area contributed by atoms with E-state index in [4.69, 9.17) is 9.47 Å². The molecule has 3 aromatic carbocycles. The highest BCUT2D eigenvalue weighted by Crippen LogP contribution is 2.47. The first-order valence-corrected chi connectivity index (χ1v) is 12.1. The maximum Gasteiger partial charge on any atom is 0.573 e. The van der Waals surface area contributed by atoms with Crippen LogP contribution < -0.4 is 9.47 Å². The normalized spacial score (nSPS) is 11.4. The highest BCUT2D eigenvalue weighted by Gasteiger charge is 2.34. The van der Waals surface area contributed by atoms with E-state index in [-0.39, 0.29) is 21.6 Å². The van der Waals surface area contributed by atoms with Crippen LogP contribution in [-0.4, -0.2) is 24.9 Å². The Balaban J connectivity index is 1.68. The van der Waals surface area contributed by atoms with Crippen LogP contribution in [0.4, 0.5) is 17.6 Å². The monoisotopic (exact) mass is 544 g/mol. The second kappa shape index (κ2) is 11.1. The maximum atomic E-state index is 15.7. The second-order valence-corrected chi connectivity index (χ2v) is 9.04. The van der Waals surface area contributed by atoms with Crippen molar-refractivity contribution < 1.29 is 41.4 Å². The number of fused-ring (bicyclic) bond motifs is 3. The lowest BCUT2D eigenvalue weighted by Crippen LogP contribution is -2.18. The quantitative estimate of drug-likeness (QED) is 0.0718. The van der Waals surface area contributed by atoms with Crippen LogP contribution in [0.25, 0.3) is 31.3 Å². The predicted molar refractivity (Wildman–Crippen MR) is 137 cm³/mol. The molecule has 0 unspecified atom stereocenters. The molecule has 0 spiro atoms. The predicted octanol–water partition coefficient (Wildman–Crippen LogP) is 7.51. The molecule has 0 aliphatic rings. The van der Waals surface area contributed by atoms with Crippen LogP contribution in [0.15, 0.2) is 73.8 Å². The first-order chi connectivity index (χ1) is 18.1. The summed E-state index contributed by atoms with van der Waals surface area (Å²) in [6.45, 7) is 6.82. The fraction of sp³-hybridized carbons (Fsp3) is 0.143. The zero-order valence-corrected chi connectivity index (χ0v) is 20.6. The summed E-state index contributed by atoms with van der Waals surface area (Å²) in [6.07, 6.45) is -1.92. The first-order valence-electron chi connectivity index (χ1n) is 11.3. The highest BCUT2D eigenvalue weighted by atomic mass is 32.1. The molecule has 0 N–H and O–H groups in total. The lowest BCUT2D eigenvalue weighted by Gasteiger charge is -2.13. The van der Waals surface area contributed by atoms with Gasteiger partial charge in [-0.15, -0.1) is 24.5 Å². The Kier molecular flexibility index (Phi) is 7.82. The maximum absolute atomic E-state index is 15.7. The topological polar surface area (TPSA) is 61.8 Å². The van der Waals surface area contributed by atoms with Gasteiger partial charge in [-0.2, -0.15) is 0 Å². The largest absolute Gasteiger partial charge is 0.573 e. The molecule has 5 nitrogen and oxygen atoms in total. The molecular formula is C28H20F4O5S. The molecule has 1 aromatic heterocycles. The van der Waals surface area contributed by atoms with E-state index in [2.05, 4.69) is 17.9 Å². The number of esters is 2. The molecule has 0 saturated heterocycles. The van der Waals surface area contributed by atoms with Gasteiger partial charge >= 0.3 is 18.3 Å². The third kappa shape index (κ3) is 5.86. The summed E-state index contributed by atoms with van der Waals surface area (Å²) in [5.74, 6) is -3.24. The molecule has 4 aromatic rings. The average molecular weight is 545 g/mol. The van der Waals surface area contributed by atoms with Gasteiger partial charge in [-0.25, -0.2) is 14.0 Å². The van der Waals surface area contributed by atoms with Crippen LogP contribution in [0.5, 0.6) is 11.5 Å². The van der Waals surface area contributed by atoms with Gasteiger partial charge in [0, 0.05) is 28.5 Å². The Morgan fingerprint density at radius 2 is 1.55 bits per heavy atom. The molecule has 0 aliphatic heterocycles. The van der Waals surface area contributed by atoms with Crippen molar-refractivity contribution in [1.29, 1.82) is 0 Å². The number of hydrogen-bond acceptors (Lipinski definition) is 6. The number of benzene rings is 3. The van der Waals surface area contributed by atoms with Crippen molar-refractivity contribution in [1.82, 2.24) is 0 Å². The van der Waals surface area contributed by atoms with E-state index in [9.17, 15) is 22.8 Å². The number of carbonyl (C=O) groups excluding carboxylic acids is 2. The Hall–Kier alpha value is -4.18. The Bertz CT molecular complexity index is 1540.